The van der Waals surface area contributed by atoms with E-state index in [1.165, 1.54) is 12.1 Å². The molecule has 0 spiro atoms. The van der Waals surface area contributed by atoms with E-state index in [2.05, 4.69) is 10.6 Å². The molecule has 2 aromatic carbocycles. The smallest absolute Gasteiger partial charge is 0.288 e. The first kappa shape index (κ1) is 20.4. The standard InChI is InChI=1S/C20H25N3O4/c1-15-8-4-7-11-18(15)27-14-16-9-5-6-10-17(16)19(22-26-3)20(25)21-23(2)12-13-24/h4-11,24H,12-14H2,1-3H3,(H,21,25)/b22-19-. The van der Waals surface area contributed by atoms with Gasteiger partial charge in [-0.25, -0.2) is 5.01 Å². The summed E-state index contributed by atoms with van der Waals surface area (Å²) in [5.41, 5.74) is 5.24. The molecule has 0 aromatic heterocycles. The molecule has 144 valence electrons. The van der Waals surface area contributed by atoms with Gasteiger partial charge in [0, 0.05) is 19.2 Å². The third-order valence-electron chi connectivity index (χ3n) is 3.87. The average Bonchev–Trinajstić information content (AvgIpc) is 2.66. The Labute approximate surface area is 159 Å². The van der Waals surface area contributed by atoms with Gasteiger partial charge >= 0.3 is 0 Å². The highest BCUT2D eigenvalue weighted by atomic mass is 16.6. The van der Waals surface area contributed by atoms with Gasteiger partial charge in [0.2, 0.25) is 0 Å². The summed E-state index contributed by atoms with van der Waals surface area (Å²) in [6.45, 7) is 2.48. The van der Waals surface area contributed by atoms with Gasteiger partial charge in [-0.2, -0.15) is 0 Å². The van der Waals surface area contributed by atoms with E-state index < -0.39 is 5.91 Å². The summed E-state index contributed by atoms with van der Waals surface area (Å²) in [6.07, 6.45) is 0. The van der Waals surface area contributed by atoms with Crippen molar-refractivity contribution in [2.24, 2.45) is 5.16 Å². The molecule has 0 aliphatic rings. The third-order valence-corrected chi connectivity index (χ3v) is 3.87. The largest absolute Gasteiger partial charge is 0.489 e. The van der Waals surface area contributed by atoms with Crippen molar-refractivity contribution in [3.63, 3.8) is 0 Å². The number of para-hydroxylation sites is 1. The first-order chi connectivity index (χ1) is 13.1. The first-order valence-corrected chi connectivity index (χ1v) is 8.57. The zero-order valence-corrected chi connectivity index (χ0v) is 15.8. The summed E-state index contributed by atoms with van der Waals surface area (Å²) in [4.78, 5) is 17.5. The lowest BCUT2D eigenvalue weighted by Crippen LogP contribution is -2.44. The molecular formula is C20H25N3O4. The number of nitrogens with one attached hydrogen (secondary N) is 1. The second-order valence-corrected chi connectivity index (χ2v) is 5.92. The number of aryl methyl sites for hydroxylation is 1. The molecule has 0 aliphatic heterocycles. The molecular weight excluding hydrogens is 346 g/mol. The van der Waals surface area contributed by atoms with E-state index in [-0.39, 0.29) is 18.9 Å². The van der Waals surface area contributed by atoms with E-state index in [1.807, 2.05) is 49.4 Å². The van der Waals surface area contributed by atoms with Crippen LogP contribution in [0.15, 0.2) is 53.7 Å². The number of hydrogen-bond acceptors (Lipinski definition) is 6. The van der Waals surface area contributed by atoms with Gasteiger partial charge in [0.15, 0.2) is 5.71 Å². The molecule has 7 nitrogen and oxygen atoms in total. The molecule has 2 aromatic rings. The molecule has 0 unspecified atom stereocenters. The number of rotatable bonds is 9. The quantitative estimate of drug-likeness (QED) is 0.519. The van der Waals surface area contributed by atoms with Crippen molar-refractivity contribution in [2.75, 3.05) is 27.3 Å². The van der Waals surface area contributed by atoms with Crippen molar-refractivity contribution in [3.05, 3.63) is 65.2 Å². The number of aliphatic hydroxyl groups is 1. The highest BCUT2D eigenvalue weighted by molar-refractivity contribution is 6.45. The number of ether oxygens (including phenoxy) is 1. The summed E-state index contributed by atoms with van der Waals surface area (Å²) >= 11 is 0. The number of benzene rings is 2. The van der Waals surface area contributed by atoms with Gasteiger partial charge in [0.25, 0.3) is 5.91 Å². The topological polar surface area (TPSA) is 83.4 Å². The van der Waals surface area contributed by atoms with Crippen molar-refractivity contribution in [2.45, 2.75) is 13.5 Å². The fraction of sp³-hybridized carbons (Fsp3) is 0.300. The van der Waals surface area contributed by atoms with Gasteiger partial charge in [0.1, 0.15) is 19.5 Å². The summed E-state index contributed by atoms with van der Waals surface area (Å²) in [7, 11) is 3.04. The summed E-state index contributed by atoms with van der Waals surface area (Å²) in [5, 5.41) is 14.4. The average molecular weight is 371 g/mol. The van der Waals surface area contributed by atoms with Crippen molar-refractivity contribution in [1.82, 2.24) is 10.4 Å². The Balaban J connectivity index is 2.23. The van der Waals surface area contributed by atoms with Crippen LogP contribution in [0.3, 0.4) is 0 Å². The zero-order valence-electron chi connectivity index (χ0n) is 15.8. The predicted octanol–water partition coefficient (Wildman–Crippen LogP) is 1.88. The van der Waals surface area contributed by atoms with Crippen LogP contribution in [-0.4, -0.2) is 49.0 Å². The zero-order chi connectivity index (χ0) is 19.6. The minimum Gasteiger partial charge on any atom is -0.489 e. The van der Waals surface area contributed by atoms with Crippen LogP contribution in [0.25, 0.3) is 0 Å². The van der Waals surface area contributed by atoms with Crippen molar-refractivity contribution >= 4 is 11.6 Å². The molecule has 0 atom stereocenters. The molecule has 0 aliphatic carbocycles. The Bertz CT molecular complexity index is 792. The number of hydrazine groups is 1. The Hall–Kier alpha value is -2.90. The third kappa shape index (κ3) is 5.80. The Kier molecular flexibility index (Phi) is 7.79. The Morgan fingerprint density at radius 3 is 2.59 bits per heavy atom. The Morgan fingerprint density at radius 1 is 1.19 bits per heavy atom. The lowest BCUT2D eigenvalue weighted by molar-refractivity contribution is -0.119. The van der Waals surface area contributed by atoms with E-state index in [0.29, 0.717) is 12.1 Å². The van der Waals surface area contributed by atoms with E-state index in [0.717, 1.165) is 16.9 Å². The van der Waals surface area contributed by atoms with E-state index in [1.54, 1.807) is 13.1 Å². The molecule has 1 amide bonds. The van der Waals surface area contributed by atoms with E-state index >= 15 is 0 Å². The maximum absolute atomic E-state index is 12.6. The van der Waals surface area contributed by atoms with Crippen molar-refractivity contribution in [1.29, 1.82) is 0 Å². The van der Waals surface area contributed by atoms with Gasteiger partial charge in [0.05, 0.1) is 6.61 Å². The number of aliphatic hydroxyl groups excluding tert-OH is 1. The molecule has 2 N–H and O–H groups in total. The molecule has 0 saturated heterocycles. The lowest BCUT2D eigenvalue weighted by Gasteiger charge is -2.18. The number of carbonyl (C=O) groups excluding carboxylic acids is 1. The van der Waals surface area contributed by atoms with Crippen LogP contribution in [-0.2, 0) is 16.2 Å². The maximum atomic E-state index is 12.6. The summed E-state index contributed by atoms with van der Waals surface area (Å²) in [6, 6.07) is 15.1. The number of carbonyl (C=O) groups is 1. The van der Waals surface area contributed by atoms with Crippen LogP contribution in [0.1, 0.15) is 16.7 Å². The molecule has 2 rings (SSSR count). The molecule has 0 heterocycles. The minimum absolute atomic E-state index is 0.0750. The Morgan fingerprint density at radius 2 is 1.89 bits per heavy atom. The van der Waals surface area contributed by atoms with Crippen LogP contribution in [0, 0.1) is 6.92 Å². The lowest BCUT2D eigenvalue weighted by atomic mass is 10.0. The highest BCUT2D eigenvalue weighted by Gasteiger charge is 2.20. The second kappa shape index (κ2) is 10.3. The van der Waals surface area contributed by atoms with Crippen LogP contribution < -0.4 is 10.2 Å². The molecule has 0 bridgehead atoms. The van der Waals surface area contributed by atoms with E-state index in [9.17, 15) is 4.79 Å². The molecule has 0 saturated carbocycles. The molecule has 7 heteroatoms. The van der Waals surface area contributed by atoms with Gasteiger partial charge in [-0.05, 0) is 24.1 Å². The SMILES string of the molecule is CO/N=C(\C(=O)NN(C)CCO)c1ccccc1COc1ccccc1C. The van der Waals surface area contributed by atoms with Crippen molar-refractivity contribution in [3.8, 4) is 5.75 Å². The number of hydrogen-bond donors (Lipinski definition) is 2. The molecule has 27 heavy (non-hydrogen) atoms. The summed E-state index contributed by atoms with van der Waals surface area (Å²) < 4.78 is 5.92. The molecule has 0 radical (unpaired) electrons. The maximum Gasteiger partial charge on any atom is 0.288 e. The monoisotopic (exact) mass is 371 g/mol. The fourth-order valence-corrected chi connectivity index (χ4v) is 2.49. The number of amides is 1. The second-order valence-electron chi connectivity index (χ2n) is 5.92. The van der Waals surface area contributed by atoms with Gasteiger partial charge in [-0.1, -0.05) is 47.6 Å². The van der Waals surface area contributed by atoms with Crippen LogP contribution >= 0.6 is 0 Å². The first-order valence-electron chi connectivity index (χ1n) is 8.57. The molecule has 0 fully saturated rings. The van der Waals surface area contributed by atoms with Gasteiger partial charge in [-0.15, -0.1) is 0 Å². The minimum atomic E-state index is -0.434. The van der Waals surface area contributed by atoms with Crippen LogP contribution in [0.4, 0.5) is 0 Å². The summed E-state index contributed by atoms with van der Waals surface area (Å²) in [5.74, 6) is 0.348. The number of nitrogens with zero attached hydrogens (tertiary/aromatic N) is 2. The number of oxime groups is 1. The number of likely N-dealkylation sites (N-methyl/N-ethyl adjacent to an activating group) is 1. The van der Waals surface area contributed by atoms with Crippen LogP contribution in [0.2, 0.25) is 0 Å². The fourth-order valence-electron chi connectivity index (χ4n) is 2.49. The van der Waals surface area contributed by atoms with Gasteiger partial charge in [-0.3, -0.25) is 10.2 Å². The van der Waals surface area contributed by atoms with Gasteiger partial charge < -0.3 is 14.7 Å². The predicted molar refractivity (Wildman–Crippen MR) is 103 cm³/mol. The highest BCUT2D eigenvalue weighted by Crippen LogP contribution is 2.19. The van der Waals surface area contributed by atoms with E-state index in [4.69, 9.17) is 14.7 Å². The van der Waals surface area contributed by atoms with Crippen molar-refractivity contribution < 1.29 is 19.5 Å². The normalized spacial score (nSPS) is 11.4. The van der Waals surface area contributed by atoms with Crippen LogP contribution in [0.5, 0.6) is 5.75 Å².